The molecule has 0 radical (unpaired) electrons. The molecule has 2 N–H and O–H groups in total. The number of carbonyl (C=O) groups excluding carboxylic acids is 2. The highest BCUT2D eigenvalue weighted by atomic mass is 16.4. The van der Waals surface area contributed by atoms with E-state index in [1.54, 1.807) is 31.3 Å². The summed E-state index contributed by atoms with van der Waals surface area (Å²) in [6, 6.07) is 10.3. The highest BCUT2D eigenvalue weighted by molar-refractivity contribution is 6.04. The first-order chi connectivity index (χ1) is 12.1. The van der Waals surface area contributed by atoms with Gasteiger partial charge in [0.2, 0.25) is 0 Å². The fourth-order valence-electron chi connectivity index (χ4n) is 2.21. The van der Waals surface area contributed by atoms with Crippen LogP contribution in [0.3, 0.4) is 0 Å². The molecular weight excluding hydrogens is 320 g/mol. The van der Waals surface area contributed by atoms with Crippen molar-refractivity contribution in [3.63, 3.8) is 0 Å². The molecule has 0 saturated carbocycles. The Bertz CT molecular complexity index is 899. The lowest BCUT2D eigenvalue weighted by atomic mass is 10.1. The van der Waals surface area contributed by atoms with Crippen molar-refractivity contribution < 1.29 is 14.0 Å². The molecule has 0 unspecified atom stereocenters. The second-order valence-electron chi connectivity index (χ2n) is 5.29. The van der Waals surface area contributed by atoms with E-state index in [0.29, 0.717) is 22.9 Å². The number of nitrogens with one attached hydrogen (secondary N) is 2. The van der Waals surface area contributed by atoms with Crippen LogP contribution in [0, 0.1) is 6.92 Å². The molecule has 7 heteroatoms. The van der Waals surface area contributed by atoms with E-state index in [-0.39, 0.29) is 17.5 Å². The predicted molar refractivity (Wildman–Crippen MR) is 92.3 cm³/mol. The maximum atomic E-state index is 12.2. The molecule has 0 atom stereocenters. The number of benzene rings is 1. The standard InChI is InChI=1S/C18H16N4O3/c1-11-20-10-16(25-11)12-3-6-14(7-4-12)22-17(23)13-5-8-15(21-9-13)18(24)19-2/h3-10H,1-2H3,(H,19,24)(H,22,23). The molecule has 0 aliphatic carbocycles. The van der Waals surface area contributed by atoms with Crippen molar-refractivity contribution in [1.29, 1.82) is 0 Å². The van der Waals surface area contributed by atoms with Crippen molar-refractivity contribution in [3.05, 3.63) is 65.9 Å². The Balaban J connectivity index is 1.69. The number of hydrogen-bond acceptors (Lipinski definition) is 5. The molecule has 3 aromatic rings. The van der Waals surface area contributed by atoms with Crippen LogP contribution in [0.25, 0.3) is 11.3 Å². The van der Waals surface area contributed by atoms with Gasteiger partial charge in [0.25, 0.3) is 11.8 Å². The van der Waals surface area contributed by atoms with Gasteiger partial charge in [-0.3, -0.25) is 14.6 Å². The number of oxazole rings is 1. The molecule has 126 valence electrons. The summed E-state index contributed by atoms with van der Waals surface area (Å²) in [5.74, 6) is 0.661. The van der Waals surface area contributed by atoms with Crippen molar-refractivity contribution in [2.45, 2.75) is 6.92 Å². The molecule has 0 aliphatic rings. The number of carbonyl (C=O) groups is 2. The summed E-state index contributed by atoms with van der Waals surface area (Å²) < 4.78 is 5.46. The largest absolute Gasteiger partial charge is 0.441 e. The normalized spacial score (nSPS) is 10.3. The van der Waals surface area contributed by atoms with E-state index in [2.05, 4.69) is 20.6 Å². The Morgan fingerprint density at radius 1 is 0.960 bits per heavy atom. The lowest BCUT2D eigenvalue weighted by Gasteiger charge is -2.06. The molecule has 2 heterocycles. The number of nitrogens with zero attached hydrogens (tertiary/aromatic N) is 2. The summed E-state index contributed by atoms with van der Waals surface area (Å²) in [5, 5.41) is 5.25. The summed E-state index contributed by atoms with van der Waals surface area (Å²) in [4.78, 5) is 31.7. The molecule has 3 rings (SSSR count). The van der Waals surface area contributed by atoms with Gasteiger partial charge in [-0.05, 0) is 36.4 Å². The lowest BCUT2D eigenvalue weighted by Crippen LogP contribution is -2.20. The topological polar surface area (TPSA) is 97.1 Å². The molecule has 2 amide bonds. The van der Waals surface area contributed by atoms with Crippen molar-refractivity contribution in [3.8, 4) is 11.3 Å². The quantitative estimate of drug-likeness (QED) is 0.763. The van der Waals surface area contributed by atoms with E-state index in [1.807, 2.05) is 12.1 Å². The highest BCUT2D eigenvalue weighted by Gasteiger charge is 2.10. The van der Waals surface area contributed by atoms with Gasteiger partial charge in [0.05, 0.1) is 11.8 Å². The summed E-state index contributed by atoms with van der Waals surface area (Å²) in [7, 11) is 1.52. The Labute approximate surface area is 144 Å². The smallest absolute Gasteiger partial charge is 0.269 e. The second-order valence-corrected chi connectivity index (χ2v) is 5.29. The lowest BCUT2D eigenvalue weighted by molar-refractivity contribution is 0.0955. The first-order valence-electron chi connectivity index (χ1n) is 7.59. The van der Waals surface area contributed by atoms with Crippen molar-refractivity contribution in [2.24, 2.45) is 0 Å². The Morgan fingerprint density at radius 3 is 2.28 bits per heavy atom. The molecule has 0 bridgehead atoms. The van der Waals surface area contributed by atoms with E-state index in [0.717, 1.165) is 5.56 Å². The van der Waals surface area contributed by atoms with Gasteiger partial charge in [-0.15, -0.1) is 0 Å². The maximum Gasteiger partial charge on any atom is 0.269 e. The Kier molecular flexibility index (Phi) is 4.56. The minimum Gasteiger partial charge on any atom is -0.441 e. The SMILES string of the molecule is CNC(=O)c1ccc(C(=O)Nc2ccc(-c3cnc(C)o3)cc2)cn1. The van der Waals surface area contributed by atoms with E-state index in [9.17, 15) is 9.59 Å². The summed E-state index contributed by atoms with van der Waals surface area (Å²) in [6.45, 7) is 1.78. The van der Waals surface area contributed by atoms with Gasteiger partial charge in [0.15, 0.2) is 11.7 Å². The molecule has 0 saturated heterocycles. The van der Waals surface area contributed by atoms with Gasteiger partial charge in [-0.25, -0.2) is 4.98 Å². The van der Waals surface area contributed by atoms with Crippen molar-refractivity contribution in [1.82, 2.24) is 15.3 Å². The van der Waals surface area contributed by atoms with Crippen LogP contribution in [0.5, 0.6) is 0 Å². The first-order valence-corrected chi connectivity index (χ1v) is 7.59. The highest BCUT2D eigenvalue weighted by Crippen LogP contribution is 2.22. The first kappa shape index (κ1) is 16.4. The molecule has 25 heavy (non-hydrogen) atoms. The summed E-state index contributed by atoms with van der Waals surface area (Å²) in [5.41, 5.74) is 2.13. The van der Waals surface area contributed by atoms with Gasteiger partial charge in [0.1, 0.15) is 5.69 Å². The van der Waals surface area contributed by atoms with Crippen LogP contribution in [-0.2, 0) is 0 Å². The molecule has 7 nitrogen and oxygen atoms in total. The Hall–Kier alpha value is -3.48. The molecule has 1 aromatic carbocycles. The van der Waals surface area contributed by atoms with E-state index >= 15 is 0 Å². The zero-order chi connectivity index (χ0) is 17.8. The Morgan fingerprint density at radius 2 is 1.72 bits per heavy atom. The number of aromatic nitrogens is 2. The van der Waals surface area contributed by atoms with Crippen LogP contribution in [0.15, 0.2) is 53.2 Å². The van der Waals surface area contributed by atoms with Crippen LogP contribution in [0.2, 0.25) is 0 Å². The number of aryl methyl sites for hydroxylation is 1. The predicted octanol–water partition coefficient (Wildman–Crippen LogP) is 2.66. The fraction of sp³-hybridized carbons (Fsp3) is 0.111. The number of anilines is 1. The van der Waals surface area contributed by atoms with Crippen LogP contribution in [0.4, 0.5) is 5.69 Å². The van der Waals surface area contributed by atoms with E-state index < -0.39 is 0 Å². The minimum absolute atomic E-state index is 0.255. The number of pyridine rings is 1. The van der Waals surface area contributed by atoms with Gasteiger partial charge in [-0.2, -0.15) is 0 Å². The van der Waals surface area contributed by atoms with Crippen LogP contribution in [-0.4, -0.2) is 28.8 Å². The molecular formula is C18H16N4O3. The van der Waals surface area contributed by atoms with Crippen LogP contribution in [0.1, 0.15) is 26.7 Å². The third kappa shape index (κ3) is 3.72. The number of amides is 2. The summed E-state index contributed by atoms with van der Waals surface area (Å²) >= 11 is 0. The van der Waals surface area contributed by atoms with Crippen molar-refractivity contribution >= 4 is 17.5 Å². The second kappa shape index (κ2) is 6.96. The molecule has 0 aliphatic heterocycles. The third-order valence-corrected chi connectivity index (χ3v) is 3.53. The van der Waals surface area contributed by atoms with Crippen LogP contribution >= 0.6 is 0 Å². The van der Waals surface area contributed by atoms with Gasteiger partial charge >= 0.3 is 0 Å². The molecule has 2 aromatic heterocycles. The monoisotopic (exact) mass is 336 g/mol. The average Bonchev–Trinajstić information content (AvgIpc) is 3.08. The molecule has 0 spiro atoms. The van der Waals surface area contributed by atoms with Crippen molar-refractivity contribution in [2.75, 3.05) is 12.4 Å². The van der Waals surface area contributed by atoms with Gasteiger partial charge in [-0.1, -0.05) is 0 Å². The minimum atomic E-state index is -0.306. The average molecular weight is 336 g/mol. The third-order valence-electron chi connectivity index (χ3n) is 3.53. The fourth-order valence-corrected chi connectivity index (χ4v) is 2.21. The molecule has 0 fully saturated rings. The van der Waals surface area contributed by atoms with E-state index in [4.69, 9.17) is 4.42 Å². The number of rotatable bonds is 4. The summed E-state index contributed by atoms with van der Waals surface area (Å²) in [6.07, 6.45) is 3.02. The van der Waals surface area contributed by atoms with Gasteiger partial charge < -0.3 is 15.1 Å². The zero-order valence-corrected chi connectivity index (χ0v) is 13.7. The maximum absolute atomic E-state index is 12.2. The van der Waals surface area contributed by atoms with Gasteiger partial charge in [0, 0.05) is 31.4 Å². The zero-order valence-electron chi connectivity index (χ0n) is 13.7. The van der Waals surface area contributed by atoms with Crippen LogP contribution < -0.4 is 10.6 Å². The number of hydrogen-bond donors (Lipinski definition) is 2. The van der Waals surface area contributed by atoms with E-state index in [1.165, 1.54) is 19.3 Å².